The molecule has 0 saturated carbocycles. The molecule has 0 fully saturated rings. The summed E-state index contributed by atoms with van der Waals surface area (Å²) in [6, 6.07) is 0. The standard InChI is InChI=1S/C5H5F3O2.C3H6/c1-3(5(6,7)8)10-4(2)9;1-3-2/h1H2,2H3;3H,1H2,2H3. The summed E-state index contributed by atoms with van der Waals surface area (Å²) in [5.74, 6) is -2.51. The third-order valence-electron chi connectivity index (χ3n) is 0.583. The zero-order valence-electron chi connectivity index (χ0n) is 7.44. The quantitative estimate of drug-likeness (QED) is 0.366. The van der Waals surface area contributed by atoms with Crippen LogP contribution in [0.1, 0.15) is 13.8 Å². The van der Waals surface area contributed by atoms with E-state index in [2.05, 4.69) is 17.9 Å². The lowest BCUT2D eigenvalue weighted by Gasteiger charge is -2.07. The minimum Gasteiger partial charge on any atom is -0.422 e. The lowest BCUT2D eigenvalue weighted by atomic mass is 10.5. The first kappa shape index (κ1) is 14.3. The van der Waals surface area contributed by atoms with Crippen molar-refractivity contribution in [1.82, 2.24) is 0 Å². The van der Waals surface area contributed by atoms with Crippen LogP contribution in [0.3, 0.4) is 0 Å². The molecule has 0 amide bonds. The molecule has 0 aliphatic heterocycles. The second-order valence-corrected chi connectivity index (χ2v) is 1.92. The molecule has 0 bridgehead atoms. The van der Waals surface area contributed by atoms with Crippen LogP contribution >= 0.6 is 0 Å². The van der Waals surface area contributed by atoms with Crippen molar-refractivity contribution in [2.24, 2.45) is 0 Å². The summed E-state index contributed by atoms with van der Waals surface area (Å²) in [6.45, 7) is 8.62. The smallest absolute Gasteiger partial charge is 0.422 e. The summed E-state index contributed by atoms with van der Waals surface area (Å²) in [6.07, 6.45) is -2.90. The monoisotopic (exact) mass is 196 g/mol. The molecule has 0 aromatic heterocycles. The van der Waals surface area contributed by atoms with Gasteiger partial charge in [0.15, 0.2) is 0 Å². The van der Waals surface area contributed by atoms with Crippen LogP contribution in [0.4, 0.5) is 13.2 Å². The van der Waals surface area contributed by atoms with Gasteiger partial charge in [-0.2, -0.15) is 13.2 Å². The van der Waals surface area contributed by atoms with E-state index in [1.807, 2.05) is 6.92 Å². The highest BCUT2D eigenvalue weighted by molar-refractivity contribution is 5.67. The zero-order chi connectivity index (χ0) is 11.1. The Labute approximate surface area is 74.7 Å². The number of alkyl halides is 3. The Bertz CT molecular complexity index is 194. The molecule has 0 atom stereocenters. The Morgan fingerprint density at radius 3 is 1.85 bits per heavy atom. The Hall–Kier alpha value is -1.26. The van der Waals surface area contributed by atoms with Gasteiger partial charge in [0.05, 0.1) is 0 Å². The van der Waals surface area contributed by atoms with Crippen LogP contribution in [0.25, 0.3) is 0 Å². The summed E-state index contributed by atoms with van der Waals surface area (Å²) in [5, 5.41) is 0. The van der Waals surface area contributed by atoms with E-state index in [4.69, 9.17) is 0 Å². The molecular formula is C8H11F3O2. The van der Waals surface area contributed by atoms with Gasteiger partial charge in [-0.05, 0) is 6.92 Å². The lowest BCUT2D eigenvalue weighted by Crippen LogP contribution is -2.15. The molecule has 0 unspecified atom stereocenters. The fourth-order valence-corrected chi connectivity index (χ4v) is 0.231. The van der Waals surface area contributed by atoms with Crippen molar-refractivity contribution in [2.75, 3.05) is 0 Å². The fraction of sp³-hybridized carbons (Fsp3) is 0.375. The van der Waals surface area contributed by atoms with E-state index < -0.39 is 17.9 Å². The maximum absolute atomic E-state index is 11.4. The number of rotatable bonds is 1. The van der Waals surface area contributed by atoms with Crippen LogP contribution in [0.15, 0.2) is 25.0 Å². The average Bonchev–Trinajstić information content (AvgIpc) is 1.85. The molecule has 2 nitrogen and oxygen atoms in total. The topological polar surface area (TPSA) is 26.3 Å². The summed E-state index contributed by atoms with van der Waals surface area (Å²) in [5.41, 5.74) is 0. The van der Waals surface area contributed by atoms with Gasteiger partial charge in [-0.1, -0.05) is 12.7 Å². The van der Waals surface area contributed by atoms with Crippen molar-refractivity contribution < 1.29 is 22.7 Å². The second-order valence-electron chi connectivity index (χ2n) is 1.92. The first-order valence-corrected chi connectivity index (χ1v) is 3.27. The summed E-state index contributed by atoms with van der Waals surface area (Å²) in [4.78, 5) is 9.92. The van der Waals surface area contributed by atoms with E-state index >= 15 is 0 Å². The molecule has 0 spiro atoms. The molecule has 0 aromatic carbocycles. The Morgan fingerprint density at radius 1 is 1.46 bits per heavy atom. The van der Waals surface area contributed by atoms with Gasteiger partial charge in [0.2, 0.25) is 5.76 Å². The zero-order valence-corrected chi connectivity index (χ0v) is 7.44. The van der Waals surface area contributed by atoms with Crippen LogP contribution in [0.5, 0.6) is 0 Å². The first-order chi connectivity index (χ1) is 5.75. The molecule has 0 saturated heterocycles. The SMILES string of the molecule is C=C(OC(C)=O)C(F)(F)F.C=CC. The van der Waals surface area contributed by atoms with E-state index in [1.54, 1.807) is 6.08 Å². The highest BCUT2D eigenvalue weighted by Gasteiger charge is 2.34. The van der Waals surface area contributed by atoms with Crippen LogP contribution in [0.2, 0.25) is 0 Å². The van der Waals surface area contributed by atoms with E-state index in [-0.39, 0.29) is 0 Å². The van der Waals surface area contributed by atoms with E-state index in [1.165, 1.54) is 0 Å². The Balaban J connectivity index is 0. The third kappa shape index (κ3) is 10.7. The number of carbonyl (C=O) groups excluding carboxylic acids is 1. The molecule has 0 aromatic rings. The van der Waals surface area contributed by atoms with E-state index in [0.29, 0.717) is 0 Å². The molecule has 5 heteroatoms. The molecule has 0 rings (SSSR count). The van der Waals surface area contributed by atoms with Crippen molar-refractivity contribution in [3.05, 3.63) is 25.0 Å². The van der Waals surface area contributed by atoms with Crippen molar-refractivity contribution in [3.63, 3.8) is 0 Å². The minimum atomic E-state index is -4.65. The highest BCUT2D eigenvalue weighted by atomic mass is 19.4. The van der Waals surface area contributed by atoms with Gasteiger partial charge in [0.1, 0.15) is 0 Å². The number of esters is 1. The molecule has 0 aliphatic rings. The van der Waals surface area contributed by atoms with Gasteiger partial charge >= 0.3 is 12.1 Å². The summed E-state index contributed by atoms with van der Waals surface area (Å²) >= 11 is 0. The summed E-state index contributed by atoms with van der Waals surface area (Å²) in [7, 11) is 0. The third-order valence-corrected chi connectivity index (χ3v) is 0.583. The van der Waals surface area contributed by atoms with Crippen LogP contribution in [-0.4, -0.2) is 12.1 Å². The molecule has 0 radical (unpaired) electrons. The van der Waals surface area contributed by atoms with Gasteiger partial charge in [0.25, 0.3) is 0 Å². The van der Waals surface area contributed by atoms with Crippen molar-refractivity contribution in [1.29, 1.82) is 0 Å². The fourth-order valence-electron chi connectivity index (χ4n) is 0.231. The molecular weight excluding hydrogens is 185 g/mol. The lowest BCUT2D eigenvalue weighted by molar-refractivity contribution is -0.157. The molecule has 0 heterocycles. The van der Waals surface area contributed by atoms with Crippen LogP contribution < -0.4 is 0 Å². The van der Waals surface area contributed by atoms with Gasteiger partial charge in [-0.3, -0.25) is 4.79 Å². The Morgan fingerprint density at radius 2 is 1.77 bits per heavy atom. The number of hydrogen-bond acceptors (Lipinski definition) is 2. The second kappa shape index (κ2) is 6.28. The largest absolute Gasteiger partial charge is 0.449 e. The number of hydrogen-bond donors (Lipinski definition) is 0. The van der Waals surface area contributed by atoms with Gasteiger partial charge in [-0.25, -0.2) is 0 Å². The normalized spacial score (nSPS) is 9.31. The van der Waals surface area contributed by atoms with Crippen molar-refractivity contribution >= 4 is 5.97 Å². The molecule has 13 heavy (non-hydrogen) atoms. The number of halogens is 3. The van der Waals surface area contributed by atoms with Gasteiger partial charge in [0, 0.05) is 6.92 Å². The minimum absolute atomic E-state index is 0.872. The first-order valence-electron chi connectivity index (χ1n) is 3.27. The van der Waals surface area contributed by atoms with Crippen molar-refractivity contribution in [2.45, 2.75) is 20.0 Å². The molecule has 0 aliphatic carbocycles. The maximum Gasteiger partial charge on any atom is 0.449 e. The van der Waals surface area contributed by atoms with Crippen LogP contribution in [0, 0.1) is 0 Å². The predicted molar refractivity (Wildman–Crippen MR) is 42.8 cm³/mol. The summed E-state index contributed by atoms with van der Waals surface area (Å²) < 4.78 is 38.0. The van der Waals surface area contributed by atoms with Crippen LogP contribution in [-0.2, 0) is 9.53 Å². The number of ether oxygens (including phenoxy) is 1. The highest BCUT2D eigenvalue weighted by Crippen LogP contribution is 2.24. The Kier molecular flexibility index (Phi) is 6.89. The van der Waals surface area contributed by atoms with E-state index in [0.717, 1.165) is 6.92 Å². The van der Waals surface area contributed by atoms with Gasteiger partial charge < -0.3 is 4.74 Å². The molecule has 0 N–H and O–H groups in total. The average molecular weight is 196 g/mol. The number of allylic oxidation sites excluding steroid dienone is 2. The molecule has 76 valence electrons. The maximum atomic E-state index is 11.4. The van der Waals surface area contributed by atoms with Gasteiger partial charge in [-0.15, -0.1) is 6.58 Å². The number of carbonyl (C=O) groups is 1. The predicted octanol–water partition coefficient (Wildman–Crippen LogP) is 2.82. The van der Waals surface area contributed by atoms with Crippen molar-refractivity contribution in [3.8, 4) is 0 Å². The van der Waals surface area contributed by atoms with E-state index in [9.17, 15) is 18.0 Å².